The second-order valence-electron chi connectivity index (χ2n) is 4.98. The molecule has 1 aliphatic heterocycles. The van der Waals surface area contributed by atoms with Gasteiger partial charge in [0.25, 0.3) is 5.91 Å². The van der Waals surface area contributed by atoms with Crippen LogP contribution in [-0.4, -0.2) is 36.5 Å². The summed E-state index contributed by atoms with van der Waals surface area (Å²) in [6, 6.07) is 4.46. The largest absolute Gasteiger partial charge is 0.497 e. The molecule has 0 saturated carbocycles. The number of likely N-dealkylation sites (tertiary alicyclic amines) is 1. The number of benzene rings is 1. The number of piperidine rings is 1. The van der Waals surface area contributed by atoms with E-state index in [9.17, 15) is 9.18 Å². The second-order valence-corrected chi connectivity index (χ2v) is 4.98. The first kappa shape index (κ1) is 13.8. The van der Waals surface area contributed by atoms with Crippen LogP contribution >= 0.6 is 0 Å². The predicted molar refractivity (Wildman–Crippen MR) is 70.7 cm³/mol. The molecule has 2 atom stereocenters. The van der Waals surface area contributed by atoms with Crippen LogP contribution in [0.5, 0.6) is 5.75 Å². The molecule has 5 heteroatoms. The first-order valence-electron chi connectivity index (χ1n) is 6.43. The molecule has 1 saturated heterocycles. The molecule has 1 heterocycles. The zero-order valence-corrected chi connectivity index (χ0v) is 11.2. The summed E-state index contributed by atoms with van der Waals surface area (Å²) in [5.41, 5.74) is 5.95. The Hall–Kier alpha value is -1.62. The van der Waals surface area contributed by atoms with Crippen LogP contribution in [0, 0.1) is 5.82 Å². The summed E-state index contributed by atoms with van der Waals surface area (Å²) < 4.78 is 18.8. The molecule has 0 radical (unpaired) electrons. The summed E-state index contributed by atoms with van der Waals surface area (Å²) in [4.78, 5) is 14.0. The zero-order valence-electron chi connectivity index (χ0n) is 11.2. The Morgan fingerprint density at radius 3 is 2.84 bits per heavy atom. The molecule has 1 amide bonds. The van der Waals surface area contributed by atoms with Gasteiger partial charge in [0.05, 0.1) is 12.7 Å². The molecule has 4 nitrogen and oxygen atoms in total. The molecular formula is C14H19FN2O2. The summed E-state index contributed by atoms with van der Waals surface area (Å²) in [6.45, 7) is 2.52. The summed E-state index contributed by atoms with van der Waals surface area (Å²) in [6.07, 6.45) is 1.51. The molecule has 1 aliphatic rings. The fourth-order valence-electron chi connectivity index (χ4n) is 2.46. The fourth-order valence-corrected chi connectivity index (χ4v) is 2.46. The lowest BCUT2D eigenvalue weighted by Crippen LogP contribution is -2.48. The Morgan fingerprint density at radius 1 is 1.53 bits per heavy atom. The topological polar surface area (TPSA) is 55.6 Å². The number of nitrogens with zero attached hydrogens (tertiary/aromatic N) is 1. The number of methoxy groups -OCH3 is 1. The molecule has 2 N–H and O–H groups in total. The van der Waals surface area contributed by atoms with E-state index in [-0.39, 0.29) is 23.6 Å². The maximum atomic E-state index is 13.9. The average Bonchev–Trinajstić information content (AvgIpc) is 2.37. The lowest BCUT2D eigenvalue weighted by atomic mass is 9.98. The highest BCUT2D eigenvalue weighted by Gasteiger charge is 2.29. The maximum Gasteiger partial charge on any atom is 0.257 e. The van der Waals surface area contributed by atoms with E-state index < -0.39 is 5.82 Å². The van der Waals surface area contributed by atoms with Gasteiger partial charge in [0.2, 0.25) is 0 Å². The zero-order chi connectivity index (χ0) is 14.0. The summed E-state index contributed by atoms with van der Waals surface area (Å²) in [5, 5.41) is 0. The summed E-state index contributed by atoms with van der Waals surface area (Å²) >= 11 is 0. The van der Waals surface area contributed by atoms with Crippen molar-refractivity contribution < 1.29 is 13.9 Å². The van der Waals surface area contributed by atoms with Crippen molar-refractivity contribution in [1.29, 1.82) is 0 Å². The SMILES string of the molecule is COc1ccc(C(=O)N2CCC(N)CC2C)c(F)c1. The van der Waals surface area contributed by atoms with Crippen LogP contribution in [0.4, 0.5) is 4.39 Å². The number of ether oxygens (including phenoxy) is 1. The highest BCUT2D eigenvalue weighted by Crippen LogP contribution is 2.22. The van der Waals surface area contributed by atoms with Gasteiger partial charge in [0.1, 0.15) is 11.6 Å². The quantitative estimate of drug-likeness (QED) is 0.887. The maximum absolute atomic E-state index is 13.9. The number of carbonyl (C=O) groups excluding carboxylic acids is 1. The van der Waals surface area contributed by atoms with Crippen molar-refractivity contribution in [2.75, 3.05) is 13.7 Å². The molecule has 1 fully saturated rings. The summed E-state index contributed by atoms with van der Waals surface area (Å²) in [7, 11) is 1.46. The van der Waals surface area contributed by atoms with E-state index in [0.717, 1.165) is 12.8 Å². The minimum absolute atomic E-state index is 0.0396. The van der Waals surface area contributed by atoms with Crippen molar-refractivity contribution in [3.05, 3.63) is 29.6 Å². The monoisotopic (exact) mass is 266 g/mol. The normalized spacial score (nSPS) is 23.3. The van der Waals surface area contributed by atoms with Gasteiger partial charge >= 0.3 is 0 Å². The van der Waals surface area contributed by atoms with E-state index in [4.69, 9.17) is 10.5 Å². The van der Waals surface area contributed by atoms with Gasteiger partial charge in [-0.15, -0.1) is 0 Å². The fraction of sp³-hybridized carbons (Fsp3) is 0.500. The lowest BCUT2D eigenvalue weighted by Gasteiger charge is -2.36. The van der Waals surface area contributed by atoms with Crippen LogP contribution < -0.4 is 10.5 Å². The van der Waals surface area contributed by atoms with E-state index >= 15 is 0 Å². The smallest absolute Gasteiger partial charge is 0.257 e. The molecule has 0 aromatic heterocycles. The number of amides is 1. The van der Waals surface area contributed by atoms with Crippen LogP contribution in [-0.2, 0) is 0 Å². The first-order valence-corrected chi connectivity index (χ1v) is 6.43. The van der Waals surface area contributed by atoms with Crippen LogP contribution in [0.3, 0.4) is 0 Å². The van der Waals surface area contributed by atoms with Crippen LogP contribution in [0.15, 0.2) is 18.2 Å². The van der Waals surface area contributed by atoms with Crippen molar-refractivity contribution in [2.45, 2.75) is 31.8 Å². The first-order chi connectivity index (χ1) is 9.02. The van der Waals surface area contributed by atoms with Gasteiger partial charge < -0.3 is 15.4 Å². The molecule has 0 spiro atoms. The predicted octanol–water partition coefficient (Wildman–Crippen LogP) is 1.79. The van der Waals surface area contributed by atoms with E-state index in [1.807, 2.05) is 6.92 Å². The highest BCUT2D eigenvalue weighted by molar-refractivity contribution is 5.95. The van der Waals surface area contributed by atoms with Crippen LogP contribution in [0.25, 0.3) is 0 Å². The van der Waals surface area contributed by atoms with E-state index in [0.29, 0.717) is 12.3 Å². The van der Waals surface area contributed by atoms with Crippen molar-refractivity contribution in [2.24, 2.45) is 5.73 Å². The van der Waals surface area contributed by atoms with E-state index in [1.54, 1.807) is 11.0 Å². The number of hydrogen-bond donors (Lipinski definition) is 1. The van der Waals surface area contributed by atoms with Crippen LogP contribution in [0.1, 0.15) is 30.1 Å². The molecule has 2 unspecified atom stereocenters. The van der Waals surface area contributed by atoms with E-state index in [2.05, 4.69) is 0 Å². The number of rotatable bonds is 2. The van der Waals surface area contributed by atoms with Crippen molar-refractivity contribution >= 4 is 5.91 Å². The summed E-state index contributed by atoms with van der Waals surface area (Å²) in [5.74, 6) is -0.422. The number of halogens is 1. The molecule has 1 aromatic rings. The van der Waals surface area contributed by atoms with Gasteiger partial charge in [-0.3, -0.25) is 4.79 Å². The van der Waals surface area contributed by atoms with Gasteiger partial charge in [0.15, 0.2) is 0 Å². The third-order valence-electron chi connectivity index (χ3n) is 3.58. The van der Waals surface area contributed by atoms with E-state index in [1.165, 1.54) is 19.2 Å². The Bertz CT molecular complexity index is 479. The lowest BCUT2D eigenvalue weighted by molar-refractivity contribution is 0.0614. The van der Waals surface area contributed by atoms with Crippen molar-refractivity contribution in [3.63, 3.8) is 0 Å². The Morgan fingerprint density at radius 2 is 2.26 bits per heavy atom. The van der Waals surface area contributed by atoms with Crippen molar-refractivity contribution in [3.8, 4) is 5.75 Å². The second kappa shape index (κ2) is 5.57. The minimum atomic E-state index is -0.550. The Kier molecular flexibility index (Phi) is 4.04. The standard InChI is InChI=1S/C14H19FN2O2/c1-9-7-10(16)5-6-17(9)14(18)12-4-3-11(19-2)8-13(12)15/h3-4,8-10H,5-7,16H2,1-2H3. The van der Waals surface area contributed by atoms with Gasteiger partial charge in [-0.05, 0) is 31.9 Å². The highest BCUT2D eigenvalue weighted by atomic mass is 19.1. The third kappa shape index (κ3) is 2.87. The number of nitrogens with two attached hydrogens (primary N) is 1. The van der Waals surface area contributed by atoms with Crippen LogP contribution in [0.2, 0.25) is 0 Å². The molecule has 104 valence electrons. The third-order valence-corrected chi connectivity index (χ3v) is 3.58. The number of carbonyl (C=O) groups is 1. The molecule has 0 bridgehead atoms. The molecule has 2 rings (SSSR count). The van der Waals surface area contributed by atoms with Crippen molar-refractivity contribution in [1.82, 2.24) is 4.90 Å². The molecule has 19 heavy (non-hydrogen) atoms. The minimum Gasteiger partial charge on any atom is -0.497 e. The van der Waals surface area contributed by atoms with Gasteiger partial charge in [0, 0.05) is 24.7 Å². The van der Waals surface area contributed by atoms with Gasteiger partial charge in [-0.2, -0.15) is 0 Å². The molecule has 1 aromatic carbocycles. The molecular weight excluding hydrogens is 247 g/mol. The Balaban J connectivity index is 2.19. The average molecular weight is 266 g/mol. The van der Waals surface area contributed by atoms with Gasteiger partial charge in [-0.25, -0.2) is 4.39 Å². The molecule has 0 aliphatic carbocycles. The van der Waals surface area contributed by atoms with Gasteiger partial charge in [-0.1, -0.05) is 0 Å². The Labute approximate surface area is 112 Å². The number of hydrogen-bond acceptors (Lipinski definition) is 3.